The fraction of sp³-hybridized carbons (Fsp3) is 0.455. The number of rotatable bonds is 9. The highest BCUT2D eigenvalue weighted by atomic mass is 35.5. The van der Waals surface area contributed by atoms with Gasteiger partial charge in [0.1, 0.15) is 22.2 Å². The molecule has 0 saturated carbocycles. The number of aliphatic hydroxyl groups excluding tert-OH is 1. The first-order valence-corrected chi connectivity index (χ1v) is 11.6. The van der Waals surface area contributed by atoms with Gasteiger partial charge in [-0.25, -0.2) is 9.97 Å². The Morgan fingerprint density at radius 1 is 1.20 bits per heavy atom. The lowest BCUT2D eigenvalue weighted by Crippen LogP contribution is -2.18. The number of aliphatic hydroxyl groups is 1. The molecule has 0 unspecified atom stereocenters. The largest absolute Gasteiger partial charge is 0.495 e. The van der Waals surface area contributed by atoms with Gasteiger partial charge in [0.25, 0.3) is 0 Å². The third-order valence-corrected chi connectivity index (χ3v) is 6.81. The molecule has 0 saturated heterocycles. The van der Waals surface area contributed by atoms with E-state index in [0.717, 1.165) is 47.8 Å². The van der Waals surface area contributed by atoms with Gasteiger partial charge in [-0.1, -0.05) is 17.7 Å². The van der Waals surface area contributed by atoms with E-state index in [-0.39, 0.29) is 6.61 Å². The standard InChI is InChI=1S/C22H27ClN4O2S/c1-29-17-8-7-14(11-16(17)23)12-25-21-20-15-5-2-3-6-18(15)30-22(20)27-19(26-21)13-24-9-4-10-28/h7-8,11,24,28H,2-6,9-10,12-13H2,1H3,(H,25,26,27). The Morgan fingerprint density at radius 3 is 2.87 bits per heavy atom. The van der Waals surface area contributed by atoms with Gasteiger partial charge < -0.3 is 20.5 Å². The minimum absolute atomic E-state index is 0.182. The van der Waals surface area contributed by atoms with Crippen molar-refractivity contribution in [1.82, 2.24) is 15.3 Å². The Balaban J connectivity index is 1.61. The quantitative estimate of drug-likeness (QED) is 0.425. The van der Waals surface area contributed by atoms with Gasteiger partial charge in [0.05, 0.1) is 24.1 Å². The van der Waals surface area contributed by atoms with Crippen molar-refractivity contribution in [3.63, 3.8) is 0 Å². The fourth-order valence-electron chi connectivity index (χ4n) is 3.82. The summed E-state index contributed by atoms with van der Waals surface area (Å²) in [6.45, 7) is 2.13. The van der Waals surface area contributed by atoms with Gasteiger partial charge in [0, 0.05) is 18.0 Å². The molecule has 1 aliphatic carbocycles. The van der Waals surface area contributed by atoms with Crippen LogP contribution >= 0.6 is 22.9 Å². The van der Waals surface area contributed by atoms with E-state index >= 15 is 0 Å². The van der Waals surface area contributed by atoms with Crippen molar-refractivity contribution in [1.29, 1.82) is 0 Å². The minimum atomic E-state index is 0.182. The minimum Gasteiger partial charge on any atom is -0.495 e. The van der Waals surface area contributed by atoms with Crippen LogP contribution in [0.5, 0.6) is 5.75 Å². The van der Waals surface area contributed by atoms with Gasteiger partial charge >= 0.3 is 0 Å². The lowest BCUT2D eigenvalue weighted by atomic mass is 9.97. The summed E-state index contributed by atoms with van der Waals surface area (Å²) < 4.78 is 5.25. The van der Waals surface area contributed by atoms with Crippen LogP contribution in [0.1, 0.15) is 41.1 Å². The van der Waals surface area contributed by atoms with Gasteiger partial charge in [-0.3, -0.25) is 0 Å². The molecule has 1 aromatic carbocycles. The Labute approximate surface area is 185 Å². The first kappa shape index (κ1) is 21.3. The zero-order chi connectivity index (χ0) is 20.9. The number of nitrogens with zero attached hydrogens (tertiary/aromatic N) is 2. The average molecular weight is 447 g/mol. The number of aryl methyl sites for hydroxylation is 2. The summed E-state index contributed by atoms with van der Waals surface area (Å²) in [5, 5.41) is 17.6. The molecule has 0 atom stereocenters. The van der Waals surface area contributed by atoms with E-state index in [1.807, 2.05) is 18.2 Å². The molecule has 2 heterocycles. The third-order valence-electron chi connectivity index (χ3n) is 5.33. The number of hydrogen-bond donors (Lipinski definition) is 3. The molecule has 160 valence electrons. The summed E-state index contributed by atoms with van der Waals surface area (Å²) in [4.78, 5) is 12.2. The van der Waals surface area contributed by atoms with Crippen LogP contribution in [0.2, 0.25) is 5.02 Å². The van der Waals surface area contributed by atoms with Gasteiger partial charge in [-0.15, -0.1) is 11.3 Å². The van der Waals surface area contributed by atoms with Crippen LogP contribution in [-0.2, 0) is 25.9 Å². The highest BCUT2D eigenvalue weighted by Gasteiger charge is 2.21. The van der Waals surface area contributed by atoms with E-state index < -0.39 is 0 Å². The molecule has 0 radical (unpaired) electrons. The van der Waals surface area contributed by atoms with E-state index in [1.54, 1.807) is 18.4 Å². The fourth-order valence-corrected chi connectivity index (χ4v) is 5.38. The number of halogens is 1. The second kappa shape index (κ2) is 9.92. The number of thiophene rings is 1. The maximum atomic E-state index is 8.98. The van der Waals surface area contributed by atoms with Crippen LogP contribution in [0.3, 0.4) is 0 Å². The lowest BCUT2D eigenvalue weighted by molar-refractivity contribution is 0.286. The SMILES string of the molecule is COc1ccc(CNc2nc(CNCCCO)nc3sc4c(c23)CCCC4)cc1Cl. The summed E-state index contributed by atoms with van der Waals surface area (Å²) in [7, 11) is 1.62. The second-order valence-corrected chi connectivity index (χ2v) is 8.95. The molecule has 4 rings (SSSR count). The van der Waals surface area contributed by atoms with Gasteiger partial charge in [0.2, 0.25) is 0 Å². The van der Waals surface area contributed by atoms with Crippen LogP contribution in [-0.4, -0.2) is 35.3 Å². The zero-order valence-corrected chi connectivity index (χ0v) is 18.7. The van der Waals surface area contributed by atoms with E-state index in [9.17, 15) is 0 Å². The van der Waals surface area contributed by atoms with Crippen molar-refractivity contribution >= 4 is 39.0 Å². The normalized spacial score (nSPS) is 13.4. The summed E-state index contributed by atoms with van der Waals surface area (Å²) in [6.07, 6.45) is 5.41. The lowest BCUT2D eigenvalue weighted by Gasteiger charge is -2.14. The summed E-state index contributed by atoms with van der Waals surface area (Å²) in [5.41, 5.74) is 2.48. The number of aromatic nitrogens is 2. The van der Waals surface area contributed by atoms with Crippen molar-refractivity contribution in [3.8, 4) is 5.75 Å². The van der Waals surface area contributed by atoms with Crippen LogP contribution in [0.15, 0.2) is 18.2 Å². The first-order chi connectivity index (χ1) is 14.7. The molecule has 0 spiro atoms. The molecule has 0 bridgehead atoms. The van der Waals surface area contributed by atoms with Crippen molar-refractivity contribution in [2.24, 2.45) is 0 Å². The predicted octanol–water partition coefficient (Wildman–Crippen LogP) is 4.32. The molecule has 0 fully saturated rings. The Bertz CT molecular complexity index is 1020. The Kier molecular flexibility index (Phi) is 7.04. The number of ether oxygens (including phenoxy) is 1. The smallest absolute Gasteiger partial charge is 0.146 e. The number of hydrogen-bond acceptors (Lipinski definition) is 7. The topological polar surface area (TPSA) is 79.3 Å². The number of benzene rings is 1. The molecule has 8 heteroatoms. The van der Waals surface area contributed by atoms with E-state index in [1.165, 1.54) is 28.7 Å². The number of methoxy groups -OCH3 is 1. The molecule has 0 amide bonds. The predicted molar refractivity (Wildman–Crippen MR) is 123 cm³/mol. The van der Waals surface area contributed by atoms with Crippen molar-refractivity contribution < 1.29 is 9.84 Å². The van der Waals surface area contributed by atoms with E-state index in [0.29, 0.717) is 23.9 Å². The number of fused-ring (bicyclic) bond motifs is 3. The average Bonchev–Trinajstić information content (AvgIpc) is 3.14. The van der Waals surface area contributed by atoms with Gasteiger partial charge in [-0.2, -0.15) is 0 Å². The Morgan fingerprint density at radius 2 is 2.07 bits per heavy atom. The highest BCUT2D eigenvalue weighted by Crippen LogP contribution is 2.38. The van der Waals surface area contributed by atoms with Crippen LogP contribution in [0.4, 0.5) is 5.82 Å². The third kappa shape index (κ3) is 4.70. The molecular formula is C22H27ClN4O2S. The van der Waals surface area contributed by atoms with E-state index in [4.69, 9.17) is 31.4 Å². The Hall–Kier alpha value is -1.93. The number of anilines is 1. The molecule has 3 N–H and O–H groups in total. The van der Waals surface area contributed by atoms with Gasteiger partial charge in [0.15, 0.2) is 0 Å². The monoisotopic (exact) mass is 446 g/mol. The molecule has 6 nitrogen and oxygen atoms in total. The highest BCUT2D eigenvalue weighted by molar-refractivity contribution is 7.19. The number of nitrogens with one attached hydrogen (secondary N) is 2. The molecular weight excluding hydrogens is 420 g/mol. The van der Waals surface area contributed by atoms with Crippen LogP contribution in [0, 0.1) is 0 Å². The van der Waals surface area contributed by atoms with Crippen molar-refractivity contribution in [3.05, 3.63) is 45.1 Å². The van der Waals surface area contributed by atoms with Crippen LogP contribution < -0.4 is 15.4 Å². The second-order valence-electron chi connectivity index (χ2n) is 7.46. The van der Waals surface area contributed by atoms with Crippen molar-refractivity contribution in [2.45, 2.75) is 45.2 Å². The molecule has 3 aromatic rings. The summed E-state index contributed by atoms with van der Waals surface area (Å²) in [6, 6.07) is 5.82. The molecule has 1 aliphatic rings. The summed E-state index contributed by atoms with van der Waals surface area (Å²) >= 11 is 8.09. The van der Waals surface area contributed by atoms with Gasteiger partial charge in [-0.05, 0) is 61.9 Å². The molecule has 2 aromatic heterocycles. The maximum absolute atomic E-state index is 8.98. The maximum Gasteiger partial charge on any atom is 0.146 e. The van der Waals surface area contributed by atoms with Crippen molar-refractivity contribution in [2.75, 3.05) is 25.6 Å². The first-order valence-electron chi connectivity index (χ1n) is 10.4. The zero-order valence-electron chi connectivity index (χ0n) is 17.1. The van der Waals surface area contributed by atoms with Crippen LogP contribution in [0.25, 0.3) is 10.2 Å². The molecule has 0 aliphatic heterocycles. The summed E-state index contributed by atoms with van der Waals surface area (Å²) in [5.74, 6) is 2.34. The molecule has 30 heavy (non-hydrogen) atoms. The van der Waals surface area contributed by atoms with E-state index in [2.05, 4.69) is 10.6 Å².